The zero-order valence-corrected chi connectivity index (χ0v) is 29.4. The molecule has 0 aliphatic carbocycles. The Balaban J connectivity index is 1.29. The maximum Gasteiger partial charge on any atom is 0.416 e. The van der Waals surface area contributed by atoms with Crippen LogP contribution in [0.2, 0.25) is 0 Å². The van der Waals surface area contributed by atoms with Gasteiger partial charge in [0, 0.05) is 49.8 Å². The lowest BCUT2D eigenvalue weighted by Gasteiger charge is -2.42. The smallest absolute Gasteiger partial charge is 0.379 e. The Morgan fingerprint density at radius 1 is 1.24 bits per heavy atom. The molecule has 3 aliphatic rings. The van der Waals surface area contributed by atoms with Gasteiger partial charge in [-0.3, -0.25) is 19.4 Å². The minimum atomic E-state index is -4.63. The molecule has 16 heteroatoms. The number of halogens is 3. The molecule has 1 aromatic carbocycles. The van der Waals surface area contributed by atoms with Crippen molar-refractivity contribution in [3.8, 4) is 0 Å². The van der Waals surface area contributed by atoms with Crippen molar-refractivity contribution in [3.63, 3.8) is 0 Å². The SMILES string of the molecule is C[C@H]1CCCN(Cc2cc3c(c(C(F)(F)F)c2)CN(c2cc(C4(Cc5nncn5C)COC4)cc(NCCSCNC(=O)[C@H](C)N)n2)C3=O)C1. The van der Waals surface area contributed by atoms with E-state index in [9.17, 15) is 22.8 Å². The number of carbonyl (C=O) groups is 2. The van der Waals surface area contributed by atoms with Crippen LogP contribution in [0.4, 0.5) is 24.8 Å². The first-order valence-corrected chi connectivity index (χ1v) is 18.0. The molecule has 12 nitrogen and oxygen atoms in total. The van der Waals surface area contributed by atoms with Crippen molar-refractivity contribution in [1.82, 2.24) is 30.0 Å². The van der Waals surface area contributed by atoms with E-state index in [1.54, 1.807) is 25.4 Å². The predicted molar refractivity (Wildman–Crippen MR) is 185 cm³/mol. The maximum atomic E-state index is 14.6. The Kier molecular flexibility index (Phi) is 10.7. The second-order valence-electron chi connectivity index (χ2n) is 13.8. The Morgan fingerprint density at radius 3 is 2.70 bits per heavy atom. The van der Waals surface area contributed by atoms with Crippen LogP contribution in [0.15, 0.2) is 30.6 Å². The summed E-state index contributed by atoms with van der Waals surface area (Å²) < 4.78 is 51.2. The monoisotopic (exact) mass is 715 g/mol. The molecular formula is C34H44F3N9O3S. The number of benzene rings is 1. The Morgan fingerprint density at radius 2 is 2.04 bits per heavy atom. The van der Waals surface area contributed by atoms with E-state index in [4.69, 9.17) is 15.5 Å². The number of piperidine rings is 1. The highest BCUT2D eigenvalue weighted by atomic mass is 32.2. The first-order chi connectivity index (χ1) is 23.8. The van der Waals surface area contributed by atoms with Crippen molar-refractivity contribution in [2.24, 2.45) is 18.7 Å². The second-order valence-corrected chi connectivity index (χ2v) is 14.9. The number of hydrogen-bond acceptors (Lipinski definition) is 10. The molecule has 0 spiro atoms. The van der Waals surface area contributed by atoms with E-state index >= 15 is 0 Å². The molecule has 270 valence electrons. The zero-order valence-electron chi connectivity index (χ0n) is 28.6. The molecule has 2 amide bonds. The predicted octanol–water partition coefficient (Wildman–Crippen LogP) is 3.70. The minimum Gasteiger partial charge on any atom is -0.379 e. The number of anilines is 2. The van der Waals surface area contributed by atoms with Gasteiger partial charge in [0.15, 0.2) is 0 Å². The van der Waals surface area contributed by atoms with Gasteiger partial charge in [-0.05, 0) is 73.2 Å². The van der Waals surface area contributed by atoms with Gasteiger partial charge in [-0.15, -0.1) is 22.0 Å². The van der Waals surface area contributed by atoms with Gasteiger partial charge in [0.25, 0.3) is 5.91 Å². The zero-order chi connectivity index (χ0) is 35.6. The lowest BCUT2D eigenvalue weighted by Crippen LogP contribution is -2.49. The number of rotatable bonds is 13. The van der Waals surface area contributed by atoms with E-state index in [1.807, 2.05) is 17.7 Å². The largest absolute Gasteiger partial charge is 0.416 e. The molecule has 0 saturated carbocycles. The number of alkyl halides is 3. The van der Waals surface area contributed by atoms with Gasteiger partial charge < -0.3 is 25.7 Å². The lowest BCUT2D eigenvalue weighted by atomic mass is 9.75. The quantitative estimate of drug-likeness (QED) is 0.177. The summed E-state index contributed by atoms with van der Waals surface area (Å²) in [5.41, 5.74) is 5.66. The summed E-state index contributed by atoms with van der Waals surface area (Å²) in [7, 11) is 1.86. The molecule has 2 saturated heterocycles. The molecule has 0 radical (unpaired) electrons. The van der Waals surface area contributed by atoms with E-state index in [1.165, 1.54) is 22.7 Å². The van der Waals surface area contributed by atoms with Crippen LogP contribution in [0.5, 0.6) is 0 Å². The van der Waals surface area contributed by atoms with Gasteiger partial charge in [-0.25, -0.2) is 4.98 Å². The maximum absolute atomic E-state index is 14.6. The van der Waals surface area contributed by atoms with E-state index in [2.05, 4.69) is 32.7 Å². The number of likely N-dealkylation sites (tertiary alicyclic amines) is 1. The summed E-state index contributed by atoms with van der Waals surface area (Å²) in [6.07, 6.45) is -0.402. The van der Waals surface area contributed by atoms with E-state index in [0.717, 1.165) is 37.3 Å². The fraction of sp³-hybridized carbons (Fsp3) is 0.559. The van der Waals surface area contributed by atoms with Crippen molar-refractivity contribution in [2.75, 3.05) is 54.7 Å². The number of aromatic nitrogens is 4. The van der Waals surface area contributed by atoms with Gasteiger partial charge in [0.1, 0.15) is 23.8 Å². The number of fused-ring (bicyclic) bond motifs is 1. The van der Waals surface area contributed by atoms with E-state index in [-0.39, 0.29) is 29.4 Å². The number of nitrogens with one attached hydrogen (secondary N) is 2. The normalized spacial score (nSPS) is 19.6. The molecule has 0 bridgehead atoms. The summed E-state index contributed by atoms with van der Waals surface area (Å²) >= 11 is 1.50. The lowest BCUT2D eigenvalue weighted by molar-refractivity contribution is -0.138. The van der Waals surface area contributed by atoms with Crippen LogP contribution >= 0.6 is 11.8 Å². The third-order valence-electron chi connectivity index (χ3n) is 9.63. The average molecular weight is 716 g/mol. The fourth-order valence-corrected chi connectivity index (χ4v) is 7.47. The van der Waals surface area contributed by atoms with Gasteiger partial charge in [0.05, 0.1) is 37.2 Å². The molecule has 3 aliphatic heterocycles. The molecule has 6 rings (SSSR count). The van der Waals surface area contributed by atoms with Crippen molar-refractivity contribution in [3.05, 3.63) is 64.2 Å². The highest BCUT2D eigenvalue weighted by Gasteiger charge is 2.44. The van der Waals surface area contributed by atoms with Crippen LogP contribution in [-0.4, -0.2) is 87.0 Å². The molecule has 50 heavy (non-hydrogen) atoms. The molecule has 0 unspecified atom stereocenters. The van der Waals surface area contributed by atoms with Crippen LogP contribution < -0.4 is 21.3 Å². The molecule has 2 atom stereocenters. The van der Waals surface area contributed by atoms with Gasteiger partial charge >= 0.3 is 6.18 Å². The standard InChI is InChI=1S/C34H44F3N9O3S/c1-21-5-4-7-45(14-21)15-23-9-25-26(27(10-23)34(35,36)37)16-46(32(25)48)29-12-24(33(17-49-18-33)13-30-43-41-19-44(30)3)11-28(42-29)39-6-8-50-20-40-31(47)22(2)38/h9-12,19,21-22H,4-8,13-18,20,38H2,1-3H3,(H,39,42)(H,40,47)/t21-,22-/m0/s1. The first kappa shape index (κ1) is 36.1. The summed E-state index contributed by atoms with van der Waals surface area (Å²) in [5, 5.41) is 14.4. The highest BCUT2D eigenvalue weighted by Crippen LogP contribution is 2.42. The molecule has 4 N–H and O–H groups in total. The number of aryl methyl sites for hydroxylation is 1. The number of ether oxygens (including phenoxy) is 1. The Labute approximate surface area is 293 Å². The number of pyridine rings is 1. The third kappa shape index (κ3) is 7.92. The van der Waals surface area contributed by atoms with Crippen molar-refractivity contribution in [2.45, 2.75) is 63.8 Å². The first-order valence-electron chi connectivity index (χ1n) is 16.9. The Bertz CT molecular complexity index is 1710. The van der Waals surface area contributed by atoms with E-state index < -0.39 is 29.1 Å². The highest BCUT2D eigenvalue weighted by molar-refractivity contribution is 7.99. The number of carbonyl (C=O) groups excluding carboxylic acids is 2. The molecule has 3 aromatic rings. The number of nitrogens with zero attached hydrogens (tertiary/aromatic N) is 6. The van der Waals surface area contributed by atoms with Crippen molar-refractivity contribution >= 4 is 35.2 Å². The van der Waals surface area contributed by atoms with Gasteiger partial charge in [0.2, 0.25) is 5.91 Å². The average Bonchev–Trinajstić information content (AvgIpc) is 3.61. The fourth-order valence-electron chi connectivity index (χ4n) is 6.83. The van der Waals surface area contributed by atoms with Gasteiger partial charge in [-0.1, -0.05) is 6.92 Å². The number of amides is 2. The van der Waals surface area contributed by atoms with Crippen molar-refractivity contribution < 1.29 is 27.5 Å². The summed E-state index contributed by atoms with van der Waals surface area (Å²) in [5.74, 6) is 2.21. The molecular weight excluding hydrogens is 671 g/mol. The molecule has 2 aromatic heterocycles. The number of hydrogen-bond donors (Lipinski definition) is 3. The third-order valence-corrected chi connectivity index (χ3v) is 10.5. The van der Waals surface area contributed by atoms with Crippen LogP contribution in [0, 0.1) is 5.92 Å². The number of nitrogens with two attached hydrogens (primary N) is 1. The van der Waals surface area contributed by atoms with Gasteiger partial charge in [-0.2, -0.15) is 13.2 Å². The molecule has 2 fully saturated rings. The molecule has 5 heterocycles. The van der Waals surface area contributed by atoms with Crippen LogP contribution in [0.1, 0.15) is 65.1 Å². The van der Waals surface area contributed by atoms with Crippen LogP contribution in [0.3, 0.4) is 0 Å². The van der Waals surface area contributed by atoms with E-state index in [0.29, 0.717) is 61.7 Å². The summed E-state index contributed by atoms with van der Waals surface area (Å²) in [4.78, 5) is 34.1. The van der Waals surface area contributed by atoms with Crippen molar-refractivity contribution in [1.29, 1.82) is 0 Å². The summed E-state index contributed by atoms with van der Waals surface area (Å²) in [6, 6.07) is 5.93. The Hall–Kier alpha value is -3.73. The topological polar surface area (TPSA) is 144 Å². The number of thioether (sulfide) groups is 1. The van der Waals surface area contributed by atoms with Crippen LogP contribution in [-0.2, 0) is 47.7 Å². The minimum absolute atomic E-state index is 0.0361. The summed E-state index contributed by atoms with van der Waals surface area (Å²) in [6.45, 7) is 6.76. The van der Waals surface area contributed by atoms with Crippen LogP contribution in [0.25, 0.3) is 0 Å². The second kappa shape index (κ2) is 14.9.